The maximum absolute atomic E-state index is 12.7. The third kappa shape index (κ3) is 6.06. The van der Waals surface area contributed by atoms with E-state index in [9.17, 15) is 4.79 Å². The molecule has 2 heterocycles. The number of carbonyl (C=O) groups is 1. The van der Waals surface area contributed by atoms with E-state index in [1.807, 2.05) is 44.2 Å². The number of rotatable bonds is 7. The van der Waals surface area contributed by atoms with E-state index in [0.29, 0.717) is 6.04 Å². The Morgan fingerprint density at radius 2 is 1.65 bits per heavy atom. The van der Waals surface area contributed by atoms with Crippen LogP contribution in [0.25, 0.3) is 0 Å². The normalized spacial score (nSPS) is 17.9. The van der Waals surface area contributed by atoms with Gasteiger partial charge in [-0.2, -0.15) is 0 Å². The summed E-state index contributed by atoms with van der Waals surface area (Å²) in [5, 5.41) is 6.97. The molecule has 0 bridgehead atoms. The first-order valence-electron chi connectivity index (χ1n) is 13.6. The van der Waals surface area contributed by atoms with Crippen LogP contribution in [0.5, 0.6) is 0 Å². The molecule has 0 aromatic heterocycles. The van der Waals surface area contributed by atoms with Gasteiger partial charge < -0.3 is 20.3 Å². The first-order chi connectivity index (χ1) is 18.0. The van der Waals surface area contributed by atoms with Crippen LogP contribution in [0.2, 0.25) is 0 Å². The van der Waals surface area contributed by atoms with Gasteiger partial charge in [0.05, 0.1) is 0 Å². The van der Waals surface area contributed by atoms with Crippen molar-refractivity contribution in [2.75, 3.05) is 43.1 Å². The van der Waals surface area contributed by atoms with Gasteiger partial charge in [-0.05, 0) is 81.0 Å². The van der Waals surface area contributed by atoms with Crippen molar-refractivity contribution in [3.05, 3.63) is 95.1 Å². The van der Waals surface area contributed by atoms with Gasteiger partial charge in [0.25, 0.3) is 5.91 Å². The summed E-state index contributed by atoms with van der Waals surface area (Å²) >= 11 is 0. The Kier molecular flexibility index (Phi) is 7.92. The number of aryl methyl sites for hydroxylation is 2. The fraction of sp³-hybridized carbons (Fsp3) is 0.406. The minimum atomic E-state index is -0.0602. The minimum absolute atomic E-state index is 0.0602. The van der Waals surface area contributed by atoms with E-state index in [1.54, 1.807) is 0 Å². The molecule has 5 rings (SSSR count). The number of carbonyl (C=O) groups excluding carboxylic acids is 1. The lowest BCUT2D eigenvalue weighted by molar-refractivity contribution is 0.0485. The van der Waals surface area contributed by atoms with Crippen LogP contribution in [-0.2, 0) is 10.2 Å². The average Bonchev–Trinajstić information content (AvgIpc) is 2.93. The van der Waals surface area contributed by atoms with Crippen molar-refractivity contribution in [1.82, 2.24) is 5.32 Å². The zero-order chi connectivity index (χ0) is 25.7. The maximum Gasteiger partial charge on any atom is 0.255 e. The molecule has 194 valence electrons. The first kappa shape index (κ1) is 25.5. The second kappa shape index (κ2) is 11.5. The summed E-state index contributed by atoms with van der Waals surface area (Å²) in [4.78, 5) is 15.2. The minimum Gasteiger partial charge on any atom is -0.381 e. The highest BCUT2D eigenvalue weighted by atomic mass is 16.5. The summed E-state index contributed by atoms with van der Waals surface area (Å²) < 4.78 is 5.70. The average molecular weight is 498 g/mol. The third-order valence-corrected chi connectivity index (χ3v) is 8.18. The summed E-state index contributed by atoms with van der Waals surface area (Å²) in [6, 6.07) is 25.7. The highest BCUT2D eigenvalue weighted by molar-refractivity contribution is 6.05. The van der Waals surface area contributed by atoms with Crippen LogP contribution < -0.4 is 15.5 Å². The number of hydrogen-bond acceptors (Lipinski definition) is 4. The number of piperidine rings is 1. The summed E-state index contributed by atoms with van der Waals surface area (Å²) in [6.07, 6.45) is 4.42. The van der Waals surface area contributed by atoms with E-state index >= 15 is 0 Å². The topological polar surface area (TPSA) is 53.6 Å². The molecule has 0 aliphatic carbocycles. The zero-order valence-corrected chi connectivity index (χ0v) is 22.1. The molecule has 5 nitrogen and oxygen atoms in total. The number of benzene rings is 3. The molecule has 2 saturated heterocycles. The van der Waals surface area contributed by atoms with Gasteiger partial charge in [0.15, 0.2) is 0 Å². The monoisotopic (exact) mass is 497 g/mol. The standard InChI is InChI=1S/C32H39N3O2/c1-24-8-13-30(25(2)22-24)31(36)34-28-9-11-29(12-10-28)35-18-14-27(15-19-35)33-23-32(16-20-37-21-17-32)26-6-4-3-5-7-26/h3-13,22,27,33H,14-21,23H2,1-2H3,(H,34,36). The predicted molar refractivity (Wildman–Crippen MR) is 152 cm³/mol. The van der Waals surface area contributed by atoms with Crippen LogP contribution in [0.15, 0.2) is 72.8 Å². The summed E-state index contributed by atoms with van der Waals surface area (Å²) in [5.74, 6) is -0.0602. The SMILES string of the molecule is Cc1ccc(C(=O)Nc2ccc(N3CCC(NCC4(c5ccccc5)CCOCC4)CC3)cc2)c(C)c1. The molecule has 2 aliphatic rings. The van der Waals surface area contributed by atoms with E-state index in [0.717, 1.165) is 80.9 Å². The Morgan fingerprint density at radius 3 is 2.32 bits per heavy atom. The van der Waals surface area contributed by atoms with E-state index < -0.39 is 0 Å². The van der Waals surface area contributed by atoms with Crippen molar-refractivity contribution in [2.24, 2.45) is 0 Å². The molecule has 5 heteroatoms. The van der Waals surface area contributed by atoms with Gasteiger partial charge in [0.2, 0.25) is 0 Å². The van der Waals surface area contributed by atoms with Crippen molar-refractivity contribution in [2.45, 2.75) is 51.0 Å². The fourth-order valence-corrected chi connectivity index (χ4v) is 5.83. The molecule has 1 amide bonds. The van der Waals surface area contributed by atoms with Crippen LogP contribution >= 0.6 is 0 Å². The highest BCUT2D eigenvalue weighted by Gasteiger charge is 2.35. The first-order valence-corrected chi connectivity index (χ1v) is 13.6. The molecule has 0 saturated carbocycles. The lowest BCUT2D eigenvalue weighted by Gasteiger charge is -2.41. The molecule has 2 N–H and O–H groups in total. The molecule has 2 fully saturated rings. The molecule has 3 aromatic carbocycles. The largest absolute Gasteiger partial charge is 0.381 e. The predicted octanol–water partition coefficient (Wildman–Crippen LogP) is 5.86. The number of anilines is 2. The van der Waals surface area contributed by atoms with Gasteiger partial charge in [0.1, 0.15) is 0 Å². The highest BCUT2D eigenvalue weighted by Crippen LogP contribution is 2.34. The zero-order valence-electron chi connectivity index (χ0n) is 22.1. The van der Waals surface area contributed by atoms with Crippen molar-refractivity contribution < 1.29 is 9.53 Å². The van der Waals surface area contributed by atoms with Gasteiger partial charge in [-0.25, -0.2) is 0 Å². The smallest absolute Gasteiger partial charge is 0.255 e. The van der Waals surface area contributed by atoms with E-state index in [2.05, 4.69) is 58.0 Å². The van der Waals surface area contributed by atoms with Gasteiger partial charge in [0, 0.05) is 61.2 Å². The van der Waals surface area contributed by atoms with Crippen molar-refractivity contribution in [1.29, 1.82) is 0 Å². The lowest BCUT2D eigenvalue weighted by atomic mass is 9.74. The van der Waals surface area contributed by atoms with E-state index in [1.165, 1.54) is 11.3 Å². The second-order valence-electron chi connectivity index (χ2n) is 10.7. The van der Waals surface area contributed by atoms with E-state index in [-0.39, 0.29) is 11.3 Å². The van der Waals surface area contributed by atoms with Crippen LogP contribution in [0.4, 0.5) is 11.4 Å². The molecule has 0 radical (unpaired) electrons. The molecular weight excluding hydrogens is 458 g/mol. The molecular formula is C32H39N3O2. The Bertz CT molecular complexity index is 1180. The number of amides is 1. The number of hydrogen-bond donors (Lipinski definition) is 2. The maximum atomic E-state index is 12.7. The fourth-order valence-electron chi connectivity index (χ4n) is 5.83. The molecule has 0 atom stereocenters. The Morgan fingerprint density at radius 1 is 0.946 bits per heavy atom. The van der Waals surface area contributed by atoms with Crippen molar-refractivity contribution >= 4 is 17.3 Å². The van der Waals surface area contributed by atoms with E-state index in [4.69, 9.17) is 4.74 Å². The molecule has 0 unspecified atom stereocenters. The number of ether oxygens (including phenoxy) is 1. The van der Waals surface area contributed by atoms with Crippen molar-refractivity contribution in [3.63, 3.8) is 0 Å². The Hall–Kier alpha value is -3.15. The number of nitrogens with zero attached hydrogens (tertiary/aromatic N) is 1. The number of nitrogens with one attached hydrogen (secondary N) is 2. The molecule has 0 spiro atoms. The van der Waals surface area contributed by atoms with Crippen molar-refractivity contribution in [3.8, 4) is 0 Å². The molecule has 3 aromatic rings. The Balaban J connectivity index is 1.13. The van der Waals surface area contributed by atoms with Gasteiger partial charge in [-0.15, -0.1) is 0 Å². The van der Waals surface area contributed by atoms with Gasteiger partial charge >= 0.3 is 0 Å². The summed E-state index contributed by atoms with van der Waals surface area (Å²) in [7, 11) is 0. The van der Waals surface area contributed by atoms with Crippen LogP contribution in [-0.4, -0.2) is 44.8 Å². The molecule has 37 heavy (non-hydrogen) atoms. The van der Waals surface area contributed by atoms with Crippen LogP contribution in [0.3, 0.4) is 0 Å². The quantitative estimate of drug-likeness (QED) is 0.429. The van der Waals surface area contributed by atoms with Crippen LogP contribution in [0, 0.1) is 13.8 Å². The lowest BCUT2D eigenvalue weighted by Crippen LogP contribution is -2.49. The Labute approximate surface area is 221 Å². The van der Waals surface area contributed by atoms with Crippen LogP contribution in [0.1, 0.15) is 52.7 Å². The second-order valence-corrected chi connectivity index (χ2v) is 10.7. The van der Waals surface area contributed by atoms with Gasteiger partial charge in [-0.3, -0.25) is 4.79 Å². The summed E-state index contributed by atoms with van der Waals surface area (Å²) in [5.41, 5.74) is 6.54. The summed E-state index contributed by atoms with van der Waals surface area (Å²) in [6.45, 7) is 8.79. The third-order valence-electron chi connectivity index (χ3n) is 8.18. The molecule has 2 aliphatic heterocycles. The van der Waals surface area contributed by atoms with Gasteiger partial charge in [-0.1, -0.05) is 48.0 Å².